The molecule has 0 saturated carbocycles. The summed E-state index contributed by atoms with van der Waals surface area (Å²) in [6.45, 7) is 6.33. The second-order valence-electron chi connectivity index (χ2n) is 4.17. The van der Waals surface area contributed by atoms with Gasteiger partial charge < -0.3 is 9.47 Å². The molecule has 1 aromatic rings. The summed E-state index contributed by atoms with van der Waals surface area (Å²) in [6.07, 6.45) is 1.62. The maximum atomic E-state index is 11.2. The van der Waals surface area contributed by atoms with Crippen molar-refractivity contribution in [3.05, 3.63) is 12.2 Å². The number of likely N-dealkylation sites (N-methyl/N-ethyl adjacent to an activating group) is 1. The van der Waals surface area contributed by atoms with Crippen LogP contribution in [0.15, 0.2) is 6.33 Å². The zero-order chi connectivity index (χ0) is 13.0. The van der Waals surface area contributed by atoms with Gasteiger partial charge >= 0.3 is 5.97 Å². The Morgan fingerprint density at radius 2 is 2.50 bits per heavy atom. The first kappa shape index (κ1) is 13.0. The van der Waals surface area contributed by atoms with Gasteiger partial charge in [-0.1, -0.05) is 6.92 Å². The molecule has 1 aromatic heterocycles. The molecule has 0 spiro atoms. The Labute approximate surface area is 106 Å². The van der Waals surface area contributed by atoms with Gasteiger partial charge in [-0.3, -0.25) is 4.90 Å². The quantitative estimate of drug-likeness (QED) is 0.692. The standard InChI is InChI=1S/C11H18N4O3/c1-3-14-4-5-18-9(6-14)7-15-8-12-10(13-15)11(16)17-2/h8-9H,3-7H2,1-2H3. The summed E-state index contributed by atoms with van der Waals surface area (Å²) < 4.78 is 11.8. The smallest absolute Gasteiger partial charge is 0.377 e. The van der Waals surface area contributed by atoms with E-state index in [0.717, 1.165) is 26.2 Å². The largest absolute Gasteiger partial charge is 0.463 e. The highest BCUT2D eigenvalue weighted by Crippen LogP contribution is 2.07. The molecule has 7 heteroatoms. The minimum atomic E-state index is -0.520. The zero-order valence-electron chi connectivity index (χ0n) is 10.7. The van der Waals surface area contributed by atoms with Crippen molar-refractivity contribution in [2.45, 2.75) is 19.6 Å². The molecule has 2 rings (SSSR count). The van der Waals surface area contributed by atoms with E-state index >= 15 is 0 Å². The normalized spacial score (nSPS) is 20.9. The molecule has 1 aliphatic heterocycles. The summed E-state index contributed by atoms with van der Waals surface area (Å²) in [5.74, 6) is -0.436. The molecule has 1 unspecified atom stereocenters. The van der Waals surface area contributed by atoms with Gasteiger partial charge in [-0.2, -0.15) is 0 Å². The monoisotopic (exact) mass is 254 g/mol. The predicted octanol–water partition coefficient (Wildman–Crippen LogP) is -0.215. The molecular formula is C11H18N4O3. The Kier molecular flexibility index (Phi) is 4.27. The van der Waals surface area contributed by atoms with Crippen LogP contribution in [0.25, 0.3) is 0 Å². The van der Waals surface area contributed by atoms with Crippen molar-refractivity contribution in [1.29, 1.82) is 0 Å². The fourth-order valence-corrected chi connectivity index (χ4v) is 1.95. The summed E-state index contributed by atoms with van der Waals surface area (Å²) in [5.41, 5.74) is 0. The van der Waals surface area contributed by atoms with E-state index in [-0.39, 0.29) is 11.9 Å². The first-order chi connectivity index (χ1) is 8.72. The Morgan fingerprint density at radius 1 is 1.67 bits per heavy atom. The minimum absolute atomic E-state index is 0.0839. The lowest BCUT2D eigenvalue weighted by atomic mass is 10.2. The maximum absolute atomic E-state index is 11.2. The van der Waals surface area contributed by atoms with E-state index in [2.05, 4.69) is 26.6 Å². The van der Waals surface area contributed by atoms with Gasteiger partial charge in [0.2, 0.25) is 0 Å². The molecule has 18 heavy (non-hydrogen) atoms. The topological polar surface area (TPSA) is 69.5 Å². The van der Waals surface area contributed by atoms with Crippen molar-refractivity contribution in [1.82, 2.24) is 19.7 Å². The number of rotatable bonds is 4. The Bertz CT molecular complexity index is 407. The van der Waals surface area contributed by atoms with Gasteiger partial charge in [-0.15, -0.1) is 5.10 Å². The Balaban J connectivity index is 1.92. The Morgan fingerprint density at radius 3 is 3.22 bits per heavy atom. The van der Waals surface area contributed by atoms with Crippen molar-refractivity contribution < 1.29 is 14.3 Å². The molecule has 1 atom stereocenters. The average Bonchev–Trinajstić information content (AvgIpc) is 2.86. The number of morpholine rings is 1. The lowest BCUT2D eigenvalue weighted by molar-refractivity contribution is -0.0358. The molecule has 1 saturated heterocycles. The van der Waals surface area contributed by atoms with Gasteiger partial charge in [0.25, 0.3) is 5.82 Å². The zero-order valence-corrected chi connectivity index (χ0v) is 10.7. The van der Waals surface area contributed by atoms with Crippen LogP contribution in [0.4, 0.5) is 0 Å². The highest BCUT2D eigenvalue weighted by molar-refractivity contribution is 5.84. The average molecular weight is 254 g/mol. The number of ether oxygens (including phenoxy) is 2. The van der Waals surface area contributed by atoms with Gasteiger partial charge in [0.15, 0.2) is 0 Å². The van der Waals surface area contributed by atoms with E-state index in [0.29, 0.717) is 6.54 Å². The Hall–Kier alpha value is -1.47. The van der Waals surface area contributed by atoms with Gasteiger partial charge in [0.1, 0.15) is 6.33 Å². The summed E-state index contributed by atoms with van der Waals surface area (Å²) >= 11 is 0. The van der Waals surface area contributed by atoms with Crippen LogP contribution < -0.4 is 0 Å². The fourth-order valence-electron chi connectivity index (χ4n) is 1.95. The molecular weight excluding hydrogens is 236 g/mol. The van der Waals surface area contributed by atoms with E-state index in [4.69, 9.17) is 4.74 Å². The highest BCUT2D eigenvalue weighted by Gasteiger charge is 2.20. The molecule has 7 nitrogen and oxygen atoms in total. The van der Waals surface area contributed by atoms with Crippen LogP contribution in [-0.4, -0.2) is 65.1 Å². The third-order valence-corrected chi connectivity index (χ3v) is 2.97. The number of hydrogen-bond donors (Lipinski definition) is 0. The van der Waals surface area contributed by atoms with Crippen molar-refractivity contribution in [2.75, 3.05) is 33.4 Å². The molecule has 0 aliphatic carbocycles. The van der Waals surface area contributed by atoms with Crippen LogP contribution in [0.2, 0.25) is 0 Å². The summed E-state index contributed by atoms with van der Waals surface area (Å²) in [6, 6.07) is 0. The number of nitrogens with zero attached hydrogens (tertiary/aromatic N) is 4. The van der Waals surface area contributed by atoms with Gasteiger partial charge in [0, 0.05) is 13.1 Å². The van der Waals surface area contributed by atoms with Crippen LogP contribution in [0, 0.1) is 0 Å². The third-order valence-electron chi connectivity index (χ3n) is 2.97. The first-order valence-electron chi connectivity index (χ1n) is 6.04. The molecule has 0 bridgehead atoms. The molecule has 1 fully saturated rings. The fraction of sp³-hybridized carbons (Fsp3) is 0.727. The van der Waals surface area contributed by atoms with Gasteiger partial charge in [-0.05, 0) is 6.54 Å². The second-order valence-corrected chi connectivity index (χ2v) is 4.17. The number of methoxy groups -OCH3 is 1. The van der Waals surface area contributed by atoms with Gasteiger partial charge in [-0.25, -0.2) is 14.5 Å². The number of carbonyl (C=O) groups excluding carboxylic acids is 1. The molecule has 0 radical (unpaired) electrons. The van der Waals surface area contributed by atoms with Crippen molar-refractivity contribution >= 4 is 5.97 Å². The highest BCUT2D eigenvalue weighted by atomic mass is 16.5. The van der Waals surface area contributed by atoms with E-state index in [1.165, 1.54) is 13.4 Å². The minimum Gasteiger partial charge on any atom is -0.463 e. The second kappa shape index (κ2) is 5.92. The molecule has 1 aliphatic rings. The van der Waals surface area contributed by atoms with Crippen LogP contribution in [0.3, 0.4) is 0 Å². The van der Waals surface area contributed by atoms with Crippen LogP contribution in [0.5, 0.6) is 0 Å². The molecule has 0 amide bonds. The number of aromatic nitrogens is 3. The van der Waals surface area contributed by atoms with Gasteiger partial charge in [0.05, 0.1) is 26.4 Å². The van der Waals surface area contributed by atoms with Crippen LogP contribution in [-0.2, 0) is 16.0 Å². The lowest BCUT2D eigenvalue weighted by Crippen LogP contribution is -2.44. The summed E-state index contributed by atoms with van der Waals surface area (Å²) in [5, 5.41) is 4.06. The molecule has 0 aromatic carbocycles. The number of carbonyl (C=O) groups is 1. The molecule has 100 valence electrons. The first-order valence-corrected chi connectivity index (χ1v) is 6.04. The van der Waals surface area contributed by atoms with E-state index < -0.39 is 5.97 Å². The SMILES string of the molecule is CCN1CCOC(Cn2cnc(C(=O)OC)n2)C1. The maximum Gasteiger partial charge on any atom is 0.377 e. The number of esters is 1. The van der Waals surface area contributed by atoms with E-state index in [1.807, 2.05) is 0 Å². The third kappa shape index (κ3) is 3.05. The lowest BCUT2D eigenvalue weighted by Gasteiger charge is -2.31. The number of hydrogen-bond acceptors (Lipinski definition) is 6. The van der Waals surface area contributed by atoms with Crippen LogP contribution >= 0.6 is 0 Å². The summed E-state index contributed by atoms with van der Waals surface area (Å²) in [4.78, 5) is 17.4. The van der Waals surface area contributed by atoms with E-state index in [1.54, 1.807) is 4.68 Å². The predicted molar refractivity (Wildman–Crippen MR) is 63.2 cm³/mol. The molecule has 0 N–H and O–H groups in total. The van der Waals surface area contributed by atoms with Crippen molar-refractivity contribution in [3.8, 4) is 0 Å². The molecule has 2 heterocycles. The van der Waals surface area contributed by atoms with Crippen molar-refractivity contribution in [3.63, 3.8) is 0 Å². The van der Waals surface area contributed by atoms with Crippen LogP contribution in [0.1, 0.15) is 17.5 Å². The summed E-state index contributed by atoms with van der Waals surface area (Å²) in [7, 11) is 1.31. The van der Waals surface area contributed by atoms with E-state index in [9.17, 15) is 4.79 Å². The van der Waals surface area contributed by atoms with Crippen molar-refractivity contribution in [2.24, 2.45) is 0 Å².